The molecule has 0 fully saturated rings. The highest BCUT2D eigenvalue weighted by Crippen LogP contribution is 2.29. The molecule has 96 valence electrons. The SMILES string of the molecule is CNC(CCN)C(O)c1ccc(OC)c(Br)c1. The summed E-state index contributed by atoms with van der Waals surface area (Å²) in [4.78, 5) is 0. The van der Waals surface area contributed by atoms with Crippen LogP contribution in [0.2, 0.25) is 0 Å². The number of likely N-dealkylation sites (N-methyl/N-ethyl adjacent to an activating group) is 1. The summed E-state index contributed by atoms with van der Waals surface area (Å²) in [7, 11) is 3.43. The molecule has 0 aliphatic carbocycles. The zero-order chi connectivity index (χ0) is 12.8. The number of aliphatic hydroxyl groups excluding tert-OH is 1. The summed E-state index contributed by atoms with van der Waals surface area (Å²) in [5, 5.41) is 13.3. The lowest BCUT2D eigenvalue weighted by Gasteiger charge is -2.22. The molecule has 0 saturated heterocycles. The first kappa shape index (κ1) is 14.4. The first-order valence-corrected chi connectivity index (χ1v) is 6.32. The number of benzene rings is 1. The second kappa shape index (κ2) is 6.96. The molecule has 1 aromatic carbocycles. The summed E-state index contributed by atoms with van der Waals surface area (Å²) in [5.74, 6) is 0.751. The number of hydrogen-bond donors (Lipinski definition) is 3. The number of rotatable bonds is 6. The van der Waals surface area contributed by atoms with E-state index in [1.54, 1.807) is 7.11 Å². The lowest BCUT2D eigenvalue weighted by atomic mass is 10.00. The summed E-state index contributed by atoms with van der Waals surface area (Å²) in [5.41, 5.74) is 6.35. The van der Waals surface area contributed by atoms with Crippen molar-refractivity contribution in [1.82, 2.24) is 5.32 Å². The molecule has 5 heteroatoms. The van der Waals surface area contributed by atoms with E-state index in [9.17, 15) is 5.11 Å². The van der Waals surface area contributed by atoms with Crippen molar-refractivity contribution < 1.29 is 9.84 Å². The molecular formula is C12H19BrN2O2. The van der Waals surface area contributed by atoms with Crippen molar-refractivity contribution in [3.8, 4) is 5.75 Å². The Labute approximate surface area is 110 Å². The van der Waals surface area contributed by atoms with Gasteiger partial charge in [-0.1, -0.05) is 6.07 Å². The van der Waals surface area contributed by atoms with E-state index in [0.29, 0.717) is 6.54 Å². The van der Waals surface area contributed by atoms with Crippen molar-refractivity contribution in [3.05, 3.63) is 28.2 Å². The van der Waals surface area contributed by atoms with Crippen molar-refractivity contribution in [2.24, 2.45) is 5.73 Å². The second-order valence-corrected chi connectivity index (χ2v) is 4.67. The van der Waals surface area contributed by atoms with Crippen LogP contribution in [0.1, 0.15) is 18.1 Å². The molecule has 0 spiro atoms. The van der Waals surface area contributed by atoms with Crippen LogP contribution in [0.25, 0.3) is 0 Å². The van der Waals surface area contributed by atoms with Crippen molar-refractivity contribution in [2.75, 3.05) is 20.7 Å². The van der Waals surface area contributed by atoms with E-state index in [-0.39, 0.29) is 6.04 Å². The molecule has 4 N–H and O–H groups in total. The monoisotopic (exact) mass is 302 g/mol. The van der Waals surface area contributed by atoms with Crippen LogP contribution in [-0.4, -0.2) is 31.9 Å². The maximum atomic E-state index is 10.2. The number of methoxy groups -OCH3 is 1. The molecule has 0 aliphatic rings. The zero-order valence-electron chi connectivity index (χ0n) is 10.1. The molecule has 0 saturated carbocycles. The lowest BCUT2D eigenvalue weighted by molar-refractivity contribution is 0.129. The van der Waals surface area contributed by atoms with Crippen molar-refractivity contribution in [3.63, 3.8) is 0 Å². The van der Waals surface area contributed by atoms with Gasteiger partial charge in [-0.3, -0.25) is 0 Å². The standard InChI is InChI=1S/C12H19BrN2O2/c1-15-10(5-6-14)12(16)8-3-4-11(17-2)9(13)7-8/h3-4,7,10,12,15-16H,5-6,14H2,1-2H3. The highest BCUT2D eigenvalue weighted by Gasteiger charge is 2.19. The predicted molar refractivity (Wildman–Crippen MR) is 72.2 cm³/mol. The van der Waals surface area contributed by atoms with E-state index in [1.807, 2.05) is 25.2 Å². The fourth-order valence-corrected chi connectivity index (χ4v) is 2.30. The molecule has 4 nitrogen and oxygen atoms in total. The van der Waals surface area contributed by atoms with Gasteiger partial charge in [-0.2, -0.15) is 0 Å². The molecule has 0 heterocycles. The highest BCUT2D eigenvalue weighted by atomic mass is 79.9. The Hall–Kier alpha value is -0.620. The van der Waals surface area contributed by atoms with Gasteiger partial charge in [0.05, 0.1) is 17.7 Å². The Kier molecular flexibility index (Phi) is 5.91. The number of nitrogens with two attached hydrogens (primary N) is 1. The third-order valence-corrected chi connectivity index (χ3v) is 3.37. The number of ether oxygens (including phenoxy) is 1. The molecule has 0 aromatic heterocycles. The van der Waals surface area contributed by atoms with Gasteiger partial charge in [-0.15, -0.1) is 0 Å². The summed E-state index contributed by atoms with van der Waals surface area (Å²) in [6, 6.07) is 5.51. The highest BCUT2D eigenvalue weighted by molar-refractivity contribution is 9.10. The molecule has 17 heavy (non-hydrogen) atoms. The van der Waals surface area contributed by atoms with Gasteiger partial charge in [0.2, 0.25) is 0 Å². The topological polar surface area (TPSA) is 67.5 Å². The first-order valence-electron chi connectivity index (χ1n) is 5.52. The van der Waals surface area contributed by atoms with E-state index >= 15 is 0 Å². The number of hydrogen-bond acceptors (Lipinski definition) is 4. The summed E-state index contributed by atoms with van der Waals surface area (Å²) in [6.45, 7) is 0.542. The number of nitrogens with one attached hydrogen (secondary N) is 1. The van der Waals surface area contributed by atoms with Gasteiger partial charge in [0.15, 0.2) is 0 Å². The summed E-state index contributed by atoms with van der Waals surface area (Å²) < 4.78 is 5.98. The minimum atomic E-state index is -0.578. The first-order chi connectivity index (χ1) is 8.13. The van der Waals surface area contributed by atoms with Crippen LogP contribution in [0.3, 0.4) is 0 Å². The van der Waals surface area contributed by atoms with E-state index in [4.69, 9.17) is 10.5 Å². The van der Waals surface area contributed by atoms with Gasteiger partial charge in [-0.25, -0.2) is 0 Å². The lowest BCUT2D eigenvalue weighted by Crippen LogP contribution is -2.34. The van der Waals surface area contributed by atoms with Crippen molar-refractivity contribution in [2.45, 2.75) is 18.6 Å². The Morgan fingerprint density at radius 3 is 2.71 bits per heavy atom. The van der Waals surface area contributed by atoms with Gasteiger partial charge in [0.1, 0.15) is 5.75 Å². The van der Waals surface area contributed by atoms with E-state index < -0.39 is 6.10 Å². The Balaban J connectivity index is 2.87. The molecule has 0 bridgehead atoms. The van der Waals surface area contributed by atoms with Crippen LogP contribution in [-0.2, 0) is 0 Å². The molecule has 0 aliphatic heterocycles. The maximum absolute atomic E-state index is 10.2. The van der Waals surface area contributed by atoms with Crippen LogP contribution >= 0.6 is 15.9 Å². The fourth-order valence-electron chi connectivity index (χ4n) is 1.74. The maximum Gasteiger partial charge on any atom is 0.133 e. The Bertz CT molecular complexity index is 360. The quantitative estimate of drug-likeness (QED) is 0.744. The normalized spacial score (nSPS) is 14.4. The average molecular weight is 303 g/mol. The molecule has 0 amide bonds. The Morgan fingerprint density at radius 2 is 2.24 bits per heavy atom. The van der Waals surface area contributed by atoms with E-state index in [0.717, 1.165) is 22.2 Å². The van der Waals surface area contributed by atoms with Gasteiger partial charge in [0.25, 0.3) is 0 Å². The van der Waals surface area contributed by atoms with E-state index in [2.05, 4.69) is 21.2 Å². The van der Waals surface area contributed by atoms with Crippen LogP contribution in [0.4, 0.5) is 0 Å². The van der Waals surface area contributed by atoms with Crippen LogP contribution in [0, 0.1) is 0 Å². The third-order valence-electron chi connectivity index (χ3n) is 2.75. The summed E-state index contributed by atoms with van der Waals surface area (Å²) >= 11 is 3.40. The van der Waals surface area contributed by atoms with Crippen molar-refractivity contribution in [1.29, 1.82) is 0 Å². The minimum Gasteiger partial charge on any atom is -0.496 e. The summed E-state index contributed by atoms with van der Waals surface area (Å²) in [6.07, 6.45) is 0.146. The van der Waals surface area contributed by atoms with Gasteiger partial charge < -0.3 is 20.9 Å². The van der Waals surface area contributed by atoms with E-state index in [1.165, 1.54) is 0 Å². The molecule has 1 rings (SSSR count). The second-order valence-electron chi connectivity index (χ2n) is 3.81. The minimum absolute atomic E-state index is 0.0414. The van der Waals surface area contributed by atoms with Gasteiger partial charge in [-0.05, 0) is 53.6 Å². The average Bonchev–Trinajstić information content (AvgIpc) is 2.35. The molecular weight excluding hydrogens is 284 g/mol. The van der Waals surface area contributed by atoms with Gasteiger partial charge >= 0.3 is 0 Å². The largest absolute Gasteiger partial charge is 0.496 e. The molecule has 0 radical (unpaired) electrons. The zero-order valence-corrected chi connectivity index (χ0v) is 11.7. The van der Waals surface area contributed by atoms with Crippen LogP contribution in [0.5, 0.6) is 5.75 Å². The molecule has 1 aromatic rings. The Morgan fingerprint density at radius 1 is 1.53 bits per heavy atom. The van der Waals surface area contributed by atoms with Crippen molar-refractivity contribution >= 4 is 15.9 Å². The van der Waals surface area contributed by atoms with Gasteiger partial charge in [0, 0.05) is 6.04 Å². The number of aliphatic hydroxyl groups is 1. The smallest absolute Gasteiger partial charge is 0.133 e. The van der Waals surface area contributed by atoms with Crippen LogP contribution in [0.15, 0.2) is 22.7 Å². The number of halogens is 1. The van der Waals surface area contributed by atoms with Crippen LogP contribution < -0.4 is 15.8 Å². The predicted octanol–water partition coefficient (Wildman–Crippen LogP) is 1.43. The molecule has 2 atom stereocenters. The molecule has 2 unspecified atom stereocenters. The fraction of sp³-hybridized carbons (Fsp3) is 0.500. The third kappa shape index (κ3) is 3.67.